The Bertz CT molecular complexity index is 339. The fourth-order valence-electron chi connectivity index (χ4n) is 2.09. The van der Waals surface area contributed by atoms with E-state index in [4.69, 9.17) is 5.11 Å². The quantitative estimate of drug-likeness (QED) is 0.832. The van der Waals surface area contributed by atoms with E-state index in [2.05, 4.69) is 34.0 Å². The summed E-state index contributed by atoms with van der Waals surface area (Å²) in [7, 11) is 0. The van der Waals surface area contributed by atoms with Crippen LogP contribution in [0, 0.1) is 2.88 Å². The number of hydrogen-bond acceptors (Lipinski definition) is 3. The lowest BCUT2D eigenvalue weighted by Gasteiger charge is -2.26. The van der Waals surface area contributed by atoms with Crippen molar-refractivity contribution in [3.8, 4) is 0 Å². The molecule has 2 atom stereocenters. The Kier molecular flexibility index (Phi) is 4.04. The first-order valence-corrected chi connectivity index (χ1v) is 7.25. The first kappa shape index (κ1) is 11.8. The fourth-order valence-corrected chi connectivity index (χ4v) is 4.21. The number of rotatable bonds is 3. The number of aliphatic hydroxyl groups is 1. The zero-order valence-corrected chi connectivity index (χ0v) is 11.8. The molecule has 0 spiro atoms. The van der Waals surface area contributed by atoms with Crippen molar-refractivity contribution in [3.05, 3.63) is 19.4 Å². The Morgan fingerprint density at radius 3 is 3.27 bits per heavy atom. The average Bonchev–Trinajstić information content (AvgIpc) is 2.59. The Labute approximate surface area is 108 Å². The molecule has 4 heteroatoms. The fraction of sp³-hybridized carbons (Fsp3) is 0.636. The highest BCUT2D eigenvalue weighted by molar-refractivity contribution is 14.1. The molecule has 1 aromatic heterocycles. The molecule has 0 amide bonds. The zero-order valence-electron chi connectivity index (χ0n) is 8.79. The molecule has 2 nitrogen and oxygen atoms in total. The third-order valence-electron chi connectivity index (χ3n) is 2.84. The molecule has 1 aromatic rings. The van der Waals surface area contributed by atoms with E-state index in [-0.39, 0.29) is 12.6 Å². The average molecular weight is 337 g/mol. The lowest BCUT2D eigenvalue weighted by molar-refractivity contribution is 0.236. The second-order valence-corrected chi connectivity index (χ2v) is 7.16. The van der Waals surface area contributed by atoms with Crippen molar-refractivity contribution in [2.24, 2.45) is 0 Å². The molecule has 0 aliphatic heterocycles. The maximum absolute atomic E-state index is 9.06. The minimum atomic E-state index is 0.193. The topological polar surface area (TPSA) is 32.3 Å². The largest absolute Gasteiger partial charge is 0.395 e. The van der Waals surface area contributed by atoms with E-state index in [1.165, 1.54) is 32.6 Å². The molecule has 1 heterocycles. The monoisotopic (exact) mass is 337 g/mol. The van der Waals surface area contributed by atoms with Crippen molar-refractivity contribution in [2.75, 3.05) is 6.61 Å². The summed E-state index contributed by atoms with van der Waals surface area (Å²) in [6, 6.07) is 2.94. The molecule has 0 saturated carbocycles. The molecule has 0 aromatic carbocycles. The van der Waals surface area contributed by atoms with Gasteiger partial charge in [-0.3, -0.25) is 0 Å². The summed E-state index contributed by atoms with van der Waals surface area (Å²) in [6.07, 6.45) is 3.69. The molecule has 0 saturated heterocycles. The number of fused-ring (bicyclic) bond motifs is 1. The van der Waals surface area contributed by atoms with Gasteiger partial charge in [0, 0.05) is 17.0 Å². The Morgan fingerprint density at radius 1 is 1.73 bits per heavy atom. The van der Waals surface area contributed by atoms with Crippen molar-refractivity contribution in [3.63, 3.8) is 0 Å². The van der Waals surface area contributed by atoms with Crippen LogP contribution in [0.15, 0.2) is 6.07 Å². The molecule has 1 aliphatic carbocycles. The van der Waals surface area contributed by atoms with Gasteiger partial charge >= 0.3 is 0 Å². The Hall–Kier alpha value is 0.350. The minimum Gasteiger partial charge on any atom is -0.395 e. The van der Waals surface area contributed by atoms with Crippen LogP contribution < -0.4 is 5.32 Å². The van der Waals surface area contributed by atoms with Crippen LogP contribution in [-0.4, -0.2) is 17.8 Å². The lowest BCUT2D eigenvalue weighted by Crippen LogP contribution is -2.34. The minimum absolute atomic E-state index is 0.193. The summed E-state index contributed by atoms with van der Waals surface area (Å²) in [5.74, 6) is 0. The molecule has 2 N–H and O–H groups in total. The summed E-state index contributed by atoms with van der Waals surface area (Å²) in [6.45, 7) is 2.25. The molecule has 84 valence electrons. The summed E-state index contributed by atoms with van der Waals surface area (Å²) in [4.78, 5) is 1.54. The van der Waals surface area contributed by atoms with Gasteiger partial charge in [0.05, 0.1) is 9.49 Å². The number of aliphatic hydroxyl groups excluding tert-OH is 1. The number of aryl methyl sites for hydroxylation is 1. The number of hydrogen-bond donors (Lipinski definition) is 2. The van der Waals surface area contributed by atoms with Crippen LogP contribution in [0.3, 0.4) is 0 Å². The van der Waals surface area contributed by atoms with Gasteiger partial charge in [-0.25, -0.2) is 0 Å². The number of thiophene rings is 1. The molecule has 15 heavy (non-hydrogen) atoms. The molecule has 0 fully saturated rings. The van der Waals surface area contributed by atoms with E-state index >= 15 is 0 Å². The van der Waals surface area contributed by atoms with E-state index < -0.39 is 0 Å². The first-order chi connectivity index (χ1) is 7.20. The number of halogens is 1. The van der Waals surface area contributed by atoms with Crippen molar-refractivity contribution in [2.45, 2.75) is 38.3 Å². The van der Waals surface area contributed by atoms with Crippen molar-refractivity contribution in [1.29, 1.82) is 0 Å². The van der Waals surface area contributed by atoms with E-state index in [1.54, 1.807) is 0 Å². The smallest absolute Gasteiger partial charge is 0.0659 e. The lowest BCUT2D eigenvalue weighted by atomic mass is 9.93. The standard InChI is InChI=1S/C11H16INOS/c1-7(6-14)13-9-3-2-4-10-8(9)5-11(12)15-10/h5,7,9,13-14H,2-4,6H2,1H3. The molecule has 0 bridgehead atoms. The van der Waals surface area contributed by atoms with Crippen molar-refractivity contribution >= 4 is 33.9 Å². The third kappa shape index (κ3) is 2.72. The molecule has 2 rings (SSSR count). The van der Waals surface area contributed by atoms with Gasteiger partial charge in [-0.1, -0.05) is 0 Å². The van der Waals surface area contributed by atoms with Crippen LogP contribution in [0.2, 0.25) is 0 Å². The highest BCUT2D eigenvalue weighted by Crippen LogP contribution is 2.36. The van der Waals surface area contributed by atoms with Gasteiger partial charge in [0.2, 0.25) is 0 Å². The maximum Gasteiger partial charge on any atom is 0.0659 e. The Balaban J connectivity index is 2.14. The molecule has 0 radical (unpaired) electrons. The van der Waals surface area contributed by atoms with Crippen molar-refractivity contribution in [1.82, 2.24) is 5.32 Å². The van der Waals surface area contributed by atoms with E-state index in [0.29, 0.717) is 6.04 Å². The molecule has 2 unspecified atom stereocenters. The van der Waals surface area contributed by atoms with Gasteiger partial charge in [-0.05, 0) is 60.4 Å². The van der Waals surface area contributed by atoms with Crippen LogP contribution in [0.25, 0.3) is 0 Å². The maximum atomic E-state index is 9.06. The van der Waals surface area contributed by atoms with Gasteiger partial charge < -0.3 is 10.4 Å². The van der Waals surface area contributed by atoms with Gasteiger partial charge in [0.1, 0.15) is 0 Å². The predicted octanol–water partition coefficient (Wildman–Crippen LogP) is 2.70. The van der Waals surface area contributed by atoms with Crippen molar-refractivity contribution < 1.29 is 5.11 Å². The van der Waals surface area contributed by atoms with E-state index in [9.17, 15) is 0 Å². The molecular formula is C11H16INOS. The van der Waals surface area contributed by atoms with Crippen LogP contribution >= 0.6 is 33.9 Å². The SMILES string of the molecule is CC(CO)NC1CCCc2sc(I)cc21. The summed E-state index contributed by atoms with van der Waals surface area (Å²) < 4.78 is 1.38. The van der Waals surface area contributed by atoms with Gasteiger partial charge in [-0.2, -0.15) is 0 Å². The predicted molar refractivity (Wildman–Crippen MR) is 72.4 cm³/mol. The third-order valence-corrected chi connectivity index (χ3v) is 4.81. The van der Waals surface area contributed by atoms with Crippen LogP contribution in [0.5, 0.6) is 0 Å². The Morgan fingerprint density at radius 2 is 2.53 bits per heavy atom. The van der Waals surface area contributed by atoms with Crippen LogP contribution in [0.1, 0.15) is 36.2 Å². The highest BCUT2D eigenvalue weighted by atomic mass is 127. The first-order valence-electron chi connectivity index (χ1n) is 5.35. The van der Waals surface area contributed by atoms with Gasteiger partial charge in [0.25, 0.3) is 0 Å². The second-order valence-electron chi connectivity index (χ2n) is 4.12. The van der Waals surface area contributed by atoms with Crippen LogP contribution in [0.4, 0.5) is 0 Å². The zero-order chi connectivity index (χ0) is 10.8. The van der Waals surface area contributed by atoms with E-state index in [0.717, 1.165) is 0 Å². The summed E-state index contributed by atoms with van der Waals surface area (Å²) in [5.41, 5.74) is 1.47. The van der Waals surface area contributed by atoms with Crippen LogP contribution in [-0.2, 0) is 6.42 Å². The van der Waals surface area contributed by atoms with E-state index in [1.807, 2.05) is 18.3 Å². The highest BCUT2D eigenvalue weighted by Gasteiger charge is 2.23. The summed E-state index contributed by atoms with van der Waals surface area (Å²) >= 11 is 4.31. The molecular weight excluding hydrogens is 321 g/mol. The van der Waals surface area contributed by atoms with Gasteiger partial charge in [0.15, 0.2) is 0 Å². The summed E-state index contributed by atoms with van der Waals surface area (Å²) in [5, 5.41) is 12.5. The van der Waals surface area contributed by atoms with Gasteiger partial charge in [-0.15, -0.1) is 11.3 Å². The number of nitrogens with one attached hydrogen (secondary N) is 1. The normalized spacial score (nSPS) is 22.5. The second kappa shape index (κ2) is 5.12. The molecule has 1 aliphatic rings.